The highest BCUT2D eigenvalue weighted by molar-refractivity contribution is 7.98. The summed E-state index contributed by atoms with van der Waals surface area (Å²) in [6.07, 6.45) is 20.7. The quantitative estimate of drug-likeness (QED) is 0.0764. The molecule has 1 aromatic carbocycles. The van der Waals surface area contributed by atoms with E-state index in [2.05, 4.69) is 11.9 Å². The number of esters is 1. The van der Waals surface area contributed by atoms with Gasteiger partial charge in [0.25, 0.3) is 0 Å². The average Bonchev–Trinajstić information content (AvgIpc) is 2.87. The van der Waals surface area contributed by atoms with E-state index >= 15 is 0 Å². The molecule has 34 heavy (non-hydrogen) atoms. The van der Waals surface area contributed by atoms with Gasteiger partial charge in [-0.2, -0.15) is 11.8 Å². The lowest BCUT2D eigenvalue weighted by Crippen LogP contribution is -2.46. The van der Waals surface area contributed by atoms with E-state index in [9.17, 15) is 9.59 Å². The average molecular weight is 490 g/mol. The minimum atomic E-state index is -1.44. The Morgan fingerprint density at radius 2 is 1.41 bits per heavy atom. The number of aliphatic imine (C=N–C) groups is 1. The Labute approximate surface area is 212 Å². The third-order valence-corrected chi connectivity index (χ3v) is 7.01. The Morgan fingerprint density at radius 3 is 1.91 bits per heavy atom. The highest BCUT2D eigenvalue weighted by atomic mass is 32.2. The summed E-state index contributed by atoms with van der Waals surface area (Å²) in [6, 6.07) is 9.59. The molecule has 1 rings (SSSR count). The van der Waals surface area contributed by atoms with Gasteiger partial charge >= 0.3 is 5.97 Å². The van der Waals surface area contributed by atoms with Crippen molar-refractivity contribution in [3.05, 3.63) is 35.9 Å². The third kappa shape index (κ3) is 12.2. The number of Topliss-reactive ketones (excluding diaryl/α,β-unsaturated/α-hetero) is 1. The second-order valence-electron chi connectivity index (χ2n) is 9.18. The van der Waals surface area contributed by atoms with Crippen LogP contribution in [-0.2, 0) is 14.3 Å². The molecule has 0 fully saturated rings. The van der Waals surface area contributed by atoms with Crippen LogP contribution in [0.25, 0.3) is 0 Å². The van der Waals surface area contributed by atoms with Crippen molar-refractivity contribution in [3.63, 3.8) is 0 Å². The topological polar surface area (TPSA) is 55.7 Å². The Balaban J connectivity index is 2.45. The number of unbranched alkanes of at least 4 members (excludes halogenated alkanes) is 12. The molecule has 4 nitrogen and oxygen atoms in total. The molecule has 0 saturated carbocycles. The molecule has 0 bridgehead atoms. The van der Waals surface area contributed by atoms with Gasteiger partial charge in [-0.05, 0) is 30.4 Å². The minimum Gasteiger partial charge on any atom is -0.467 e. The predicted octanol–water partition coefficient (Wildman–Crippen LogP) is 7.82. The maximum atomic E-state index is 13.3. The van der Waals surface area contributed by atoms with E-state index < -0.39 is 11.5 Å². The first-order valence-corrected chi connectivity index (χ1v) is 14.7. The number of ketones is 1. The first-order valence-electron chi connectivity index (χ1n) is 13.3. The molecule has 0 N–H and O–H groups in total. The van der Waals surface area contributed by atoms with Crippen LogP contribution in [-0.4, -0.2) is 42.6 Å². The molecule has 0 saturated heterocycles. The molecule has 0 aliphatic carbocycles. The van der Waals surface area contributed by atoms with Crippen molar-refractivity contribution in [1.29, 1.82) is 0 Å². The number of thioether (sulfide) groups is 1. The Morgan fingerprint density at radius 1 is 0.882 bits per heavy atom. The first-order chi connectivity index (χ1) is 16.6. The number of hydrogen-bond acceptors (Lipinski definition) is 5. The smallest absolute Gasteiger partial charge is 0.341 e. The molecule has 0 spiro atoms. The van der Waals surface area contributed by atoms with Crippen LogP contribution in [0.5, 0.6) is 0 Å². The van der Waals surface area contributed by atoms with Crippen molar-refractivity contribution in [2.24, 2.45) is 4.99 Å². The van der Waals surface area contributed by atoms with Crippen LogP contribution in [0.4, 0.5) is 0 Å². The van der Waals surface area contributed by atoms with Crippen molar-refractivity contribution < 1.29 is 14.3 Å². The number of carbonyl (C=O) groups is 2. The number of ether oxygens (including phenoxy) is 1. The lowest BCUT2D eigenvalue weighted by molar-refractivity contribution is -0.151. The van der Waals surface area contributed by atoms with Gasteiger partial charge in [0, 0.05) is 12.6 Å². The molecule has 0 aliphatic heterocycles. The summed E-state index contributed by atoms with van der Waals surface area (Å²) >= 11 is 1.61. The zero-order chi connectivity index (χ0) is 24.9. The Hall–Kier alpha value is -1.62. The summed E-state index contributed by atoms with van der Waals surface area (Å²) in [7, 11) is 1.34. The van der Waals surface area contributed by atoms with Crippen LogP contribution < -0.4 is 0 Å². The van der Waals surface area contributed by atoms with Gasteiger partial charge in [0.2, 0.25) is 5.54 Å². The maximum Gasteiger partial charge on any atom is 0.341 e. The summed E-state index contributed by atoms with van der Waals surface area (Å²) in [4.78, 5) is 30.6. The lowest BCUT2D eigenvalue weighted by atomic mass is 9.88. The Kier molecular flexibility index (Phi) is 17.6. The van der Waals surface area contributed by atoms with Crippen LogP contribution in [0.1, 0.15) is 109 Å². The fourth-order valence-corrected chi connectivity index (χ4v) is 4.70. The largest absolute Gasteiger partial charge is 0.467 e. The zero-order valence-electron chi connectivity index (χ0n) is 21.9. The van der Waals surface area contributed by atoms with Gasteiger partial charge in [-0.3, -0.25) is 9.79 Å². The standard InChI is InChI=1S/C29H47NO3S/c1-4-5-6-7-8-9-10-11-12-13-14-15-19-22-27(31)29(23-24-34-3,28(32)33-2)30-25-26-20-17-16-18-21-26/h16-18,20-21,25H,4-15,19,22-24H2,1-3H3. The number of methoxy groups -OCH3 is 1. The minimum absolute atomic E-state index is 0.122. The summed E-state index contributed by atoms with van der Waals surface area (Å²) in [5.74, 6) is 0.00283. The molecule has 1 atom stereocenters. The van der Waals surface area contributed by atoms with E-state index in [1.807, 2.05) is 36.6 Å². The van der Waals surface area contributed by atoms with Gasteiger partial charge in [-0.25, -0.2) is 4.79 Å². The van der Waals surface area contributed by atoms with E-state index in [-0.39, 0.29) is 5.78 Å². The van der Waals surface area contributed by atoms with Crippen LogP contribution >= 0.6 is 11.8 Å². The normalized spacial score (nSPS) is 13.1. The first kappa shape index (κ1) is 30.4. The van der Waals surface area contributed by atoms with Crippen LogP contribution in [0.15, 0.2) is 35.3 Å². The second-order valence-corrected chi connectivity index (χ2v) is 10.2. The SMILES string of the molecule is CCCCCCCCCCCCCCCC(=O)C(CCSC)(N=Cc1ccccc1)C(=O)OC. The van der Waals surface area contributed by atoms with Crippen molar-refractivity contribution in [3.8, 4) is 0 Å². The van der Waals surface area contributed by atoms with E-state index in [1.165, 1.54) is 71.3 Å². The summed E-state index contributed by atoms with van der Waals surface area (Å²) in [5.41, 5.74) is -0.571. The zero-order valence-corrected chi connectivity index (χ0v) is 22.7. The molecule has 1 unspecified atom stereocenters. The maximum absolute atomic E-state index is 13.3. The van der Waals surface area contributed by atoms with Gasteiger partial charge < -0.3 is 4.74 Å². The summed E-state index contributed by atoms with van der Waals surface area (Å²) < 4.78 is 5.06. The molecule has 1 aromatic rings. The van der Waals surface area contributed by atoms with Gasteiger partial charge in [0.1, 0.15) is 0 Å². The van der Waals surface area contributed by atoms with Crippen molar-refractivity contribution in [2.75, 3.05) is 19.1 Å². The third-order valence-electron chi connectivity index (χ3n) is 6.39. The number of rotatable bonds is 21. The molecule has 0 aliphatic rings. The highest BCUT2D eigenvalue weighted by Gasteiger charge is 2.45. The van der Waals surface area contributed by atoms with E-state index in [4.69, 9.17) is 4.74 Å². The number of carbonyl (C=O) groups excluding carboxylic acids is 2. The van der Waals surface area contributed by atoms with E-state index in [0.717, 1.165) is 24.8 Å². The van der Waals surface area contributed by atoms with Crippen molar-refractivity contribution in [1.82, 2.24) is 0 Å². The molecule has 192 valence electrons. The number of hydrogen-bond donors (Lipinski definition) is 0. The summed E-state index contributed by atoms with van der Waals surface area (Å²) in [6.45, 7) is 2.26. The van der Waals surface area contributed by atoms with Crippen molar-refractivity contribution >= 4 is 29.7 Å². The predicted molar refractivity (Wildman–Crippen MR) is 147 cm³/mol. The van der Waals surface area contributed by atoms with E-state index in [1.54, 1.807) is 18.0 Å². The van der Waals surface area contributed by atoms with Gasteiger partial charge in [0.15, 0.2) is 5.78 Å². The molecule has 5 heteroatoms. The number of nitrogens with zero attached hydrogens (tertiary/aromatic N) is 1. The lowest BCUT2D eigenvalue weighted by Gasteiger charge is -2.25. The molecule has 0 radical (unpaired) electrons. The fourth-order valence-electron chi connectivity index (χ4n) is 4.20. The fraction of sp³-hybridized carbons (Fsp3) is 0.690. The molecule has 0 aromatic heterocycles. The number of benzene rings is 1. The second kappa shape index (κ2) is 19.7. The molecule has 0 heterocycles. The van der Waals surface area contributed by atoms with Crippen LogP contribution in [0.2, 0.25) is 0 Å². The van der Waals surface area contributed by atoms with Crippen LogP contribution in [0, 0.1) is 0 Å². The molecular formula is C29H47NO3S. The van der Waals surface area contributed by atoms with Crippen molar-refractivity contribution in [2.45, 2.75) is 109 Å². The van der Waals surface area contributed by atoms with E-state index in [0.29, 0.717) is 18.6 Å². The highest BCUT2D eigenvalue weighted by Crippen LogP contribution is 2.25. The van der Waals surface area contributed by atoms with Gasteiger partial charge in [-0.1, -0.05) is 114 Å². The monoisotopic (exact) mass is 489 g/mol. The van der Waals surface area contributed by atoms with Gasteiger partial charge in [0.05, 0.1) is 7.11 Å². The van der Waals surface area contributed by atoms with Gasteiger partial charge in [-0.15, -0.1) is 0 Å². The Bertz CT molecular complexity index is 692. The molecular weight excluding hydrogens is 442 g/mol. The molecule has 0 amide bonds. The summed E-state index contributed by atoms with van der Waals surface area (Å²) in [5, 5.41) is 0. The van der Waals surface area contributed by atoms with Crippen LogP contribution in [0.3, 0.4) is 0 Å².